The molecular weight excluding hydrogens is 300 g/mol. The third-order valence-electron chi connectivity index (χ3n) is 3.90. The third-order valence-corrected chi connectivity index (χ3v) is 3.90. The minimum absolute atomic E-state index is 0.255. The second-order valence-corrected chi connectivity index (χ2v) is 6.22. The van der Waals surface area contributed by atoms with Crippen molar-refractivity contribution in [2.24, 2.45) is 5.92 Å². The molecule has 1 aromatic heterocycles. The largest absolute Gasteiger partial charge is 0.504 e. The van der Waals surface area contributed by atoms with Crippen LogP contribution in [0.5, 0.6) is 11.5 Å². The van der Waals surface area contributed by atoms with E-state index in [0.29, 0.717) is 5.92 Å². The van der Waals surface area contributed by atoms with E-state index in [1.54, 1.807) is 7.11 Å². The lowest BCUT2D eigenvalue weighted by molar-refractivity contribution is 0.414. The van der Waals surface area contributed by atoms with E-state index in [4.69, 9.17) is 4.74 Å². The standard InChI is InChI=1S/C20H22N2O2/c1-14(2)13-18-20(23)19(15-7-5-4-6-8-15)22(21-18)16-9-11-17(24-3)12-10-16/h4-12,14,23H,13H2,1-3H3. The monoisotopic (exact) mass is 322 g/mol. The molecule has 0 fully saturated rings. The molecule has 1 heterocycles. The number of aromatic nitrogens is 2. The highest BCUT2D eigenvalue weighted by atomic mass is 16.5. The molecular formula is C20H22N2O2. The van der Waals surface area contributed by atoms with Crippen molar-refractivity contribution < 1.29 is 9.84 Å². The van der Waals surface area contributed by atoms with Gasteiger partial charge in [0.2, 0.25) is 0 Å². The lowest BCUT2D eigenvalue weighted by Gasteiger charge is -2.08. The normalized spacial score (nSPS) is 11.0. The smallest absolute Gasteiger partial charge is 0.165 e. The van der Waals surface area contributed by atoms with Crippen molar-refractivity contribution in [3.63, 3.8) is 0 Å². The highest BCUT2D eigenvalue weighted by molar-refractivity contribution is 5.70. The van der Waals surface area contributed by atoms with Gasteiger partial charge in [0.1, 0.15) is 17.1 Å². The van der Waals surface area contributed by atoms with Crippen LogP contribution in [0, 0.1) is 5.92 Å². The average Bonchev–Trinajstić information content (AvgIpc) is 2.92. The molecule has 24 heavy (non-hydrogen) atoms. The van der Waals surface area contributed by atoms with E-state index in [9.17, 15) is 5.11 Å². The fraction of sp³-hybridized carbons (Fsp3) is 0.250. The van der Waals surface area contributed by atoms with Gasteiger partial charge < -0.3 is 9.84 Å². The molecule has 0 aliphatic heterocycles. The fourth-order valence-corrected chi connectivity index (χ4v) is 2.74. The Kier molecular flexibility index (Phi) is 4.56. The van der Waals surface area contributed by atoms with Crippen LogP contribution >= 0.6 is 0 Å². The van der Waals surface area contributed by atoms with Crippen LogP contribution in [0.25, 0.3) is 16.9 Å². The number of hydrogen-bond acceptors (Lipinski definition) is 3. The zero-order valence-corrected chi connectivity index (χ0v) is 14.2. The second kappa shape index (κ2) is 6.79. The van der Waals surface area contributed by atoms with Gasteiger partial charge in [-0.3, -0.25) is 0 Å². The van der Waals surface area contributed by atoms with E-state index < -0.39 is 0 Å². The van der Waals surface area contributed by atoms with Crippen molar-refractivity contribution in [1.82, 2.24) is 9.78 Å². The summed E-state index contributed by atoms with van der Waals surface area (Å²) in [4.78, 5) is 0. The molecule has 0 saturated carbocycles. The topological polar surface area (TPSA) is 47.3 Å². The molecule has 0 saturated heterocycles. The molecule has 0 amide bonds. The highest BCUT2D eigenvalue weighted by Gasteiger charge is 2.20. The van der Waals surface area contributed by atoms with Crippen molar-refractivity contribution in [2.75, 3.05) is 7.11 Å². The summed E-state index contributed by atoms with van der Waals surface area (Å²) in [5.74, 6) is 1.46. The van der Waals surface area contributed by atoms with Gasteiger partial charge in [-0.05, 0) is 36.6 Å². The van der Waals surface area contributed by atoms with Crippen LogP contribution < -0.4 is 4.74 Å². The van der Waals surface area contributed by atoms with Gasteiger partial charge in [-0.2, -0.15) is 5.10 Å². The maximum absolute atomic E-state index is 10.8. The van der Waals surface area contributed by atoms with Crippen molar-refractivity contribution in [3.8, 4) is 28.4 Å². The van der Waals surface area contributed by atoms with Crippen molar-refractivity contribution in [1.29, 1.82) is 0 Å². The van der Waals surface area contributed by atoms with Crippen LogP contribution in [0.2, 0.25) is 0 Å². The van der Waals surface area contributed by atoms with Crippen LogP contribution in [0.15, 0.2) is 54.6 Å². The Morgan fingerprint density at radius 1 is 1.04 bits per heavy atom. The average molecular weight is 322 g/mol. The first kappa shape index (κ1) is 16.1. The van der Waals surface area contributed by atoms with E-state index >= 15 is 0 Å². The molecule has 3 aromatic rings. The van der Waals surface area contributed by atoms with Gasteiger partial charge in [0, 0.05) is 5.56 Å². The third kappa shape index (κ3) is 3.13. The molecule has 0 atom stereocenters. The molecule has 0 spiro atoms. The quantitative estimate of drug-likeness (QED) is 0.755. The summed E-state index contributed by atoms with van der Waals surface area (Å²) in [5, 5.41) is 15.4. The molecule has 0 bridgehead atoms. The SMILES string of the molecule is COc1ccc(-n2nc(CC(C)C)c(O)c2-c2ccccc2)cc1. The highest BCUT2D eigenvalue weighted by Crippen LogP contribution is 2.35. The molecule has 0 unspecified atom stereocenters. The molecule has 0 radical (unpaired) electrons. The minimum Gasteiger partial charge on any atom is -0.504 e. The Hall–Kier alpha value is -2.75. The van der Waals surface area contributed by atoms with Gasteiger partial charge >= 0.3 is 0 Å². The summed E-state index contributed by atoms with van der Waals surface area (Å²) in [6, 6.07) is 17.5. The summed E-state index contributed by atoms with van der Waals surface area (Å²) in [7, 11) is 1.64. The summed E-state index contributed by atoms with van der Waals surface area (Å²) in [6.45, 7) is 4.24. The van der Waals surface area contributed by atoms with Crippen LogP contribution in [-0.4, -0.2) is 22.0 Å². The first-order valence-electron chi connectivity index (χ1n) is 8.11. The van der Waals surface area contributed by atoms with E-state index in [1.807, 2.05) is 59.3 Å². The molecule has 3 rings (SSSR count). The number of hydrogen-bond donors (Lipinski definition) is 1. The van der Waals surface area contributed by atoms with Crippen molar-refractivity contribution in [3.05, 3.63) is 60.3 Å². The summed E-state index contributed by atoms with van der Waals surface area (Å²) < 4.78 is 7.03. The lowest BCUT2D eigenvalue weighted by Crippen LogP contribution is -2.01. The predicted molar refractivity (Wildman–Crippen MR) is 95.8 cm³/mol. The Morgan fingerprint density at radius 3 is 2.29 bits per heavy atom. The first-order chi connectivity index (χ1) is 11.6. The van der Waals surface area contributed by atoms with Crippen molar-refractivity contribution >= 4 is 0 Å². The molecule has 124 valence electrons. The van der Waals surface area contributed by atoms with Crippen LogP contribution in [-0.2, 0) is 6.42 Å². The zero-order valence-electron chi connectivity index (χ0n) is 14.2. The van der Waals surface area contributed by atoms with Crippen LogP contribution in [0.1, 0.15) is 19.5 Å². The molecule has 2 aromatic carbocycles. The minimum atomic E-state index is 0.255. The van der Waals surface area contributed by atoms with E-state index in [2.05, 4.69) is 18.9 Å². The molecule has 1 N–H and O–H groups in total. The number of rotatable bonds is 5. The number of methoxy groups -OCH3 is 1. The fourth-order valence-electron chi connectivity index (χ4n) is 2.74. The second-order valence-electron chi connectivity index (χ2n) is 6.22. The predicted octanol–water partition coefficient (Wildman–Crippen LogP) is 4.45. The molecule has 4 heteroatoms. The summed E-state index contributed by atoms with van der Waals surface area (Å²) >= 11 is 0. The van der Waals surface area contributed by atoms with Gasteiger partial charge in [-0.1, -0.05) is 44.2 Å². The number of nitrogens with zero attached hydrogens (tertiary/aromatic N) is 2. The first-order valence-corrected chi connectivity index (χ1v) is 8.11. The van der Waals surface area contributed by atoms with E-state index in [-0.39, 0.29) is 5.75 Å². The summed E-state index contributed by atoms with van der Waals surface area (Å²) in [5.41, 5.74) is 3.27. The lowest BCUT2D eigenvalue weighted by atomic mass is 10.1. The van der Waals surface area contributed by atoms with Gasteiger partial charge in [0.15, 0.2) is 5.75 Å². The van der Waals surface area contributed by atoms with E-state index in [0.717, 1.165) is 34.8 Å². The molecule has 0 aliphatic rings. The zero-order chi connectivity index (χ0) is 17.1. The Labute approximate surface area is 142 Å². The van der Waals surface area contributed by atoms with Gasteiger partial charge in [-0.15, -0.1) is 0 Å². The van der Waals surface area contributed by atoms with Gasteiger partial charge in [0.25, 0.3) is 0 Å². The maximum atomic E-state index is 10.8. The number of benzene rings is 2. The summed E-state index contributed by atoms with van der Waals surface area (Å²) in [6.07, 6.45) is 0.731. The van der Waals surface area contributed by atoms with Crippen LogP contribution in [0.3, 0.4) is 0 Å². The number of aromatic hydroxyl groups is 1. The Bertz CT molecular complexity index is 806. The number of ether oxygens (including phenoxy) is 1. The Morgan fingerprint density at radius 2 is 1.71 bits per heavy atom. The van der Waals surface area contributed by atoms with Gasteiger partial charge in [0.05, 0.1) is 12.8 Å². The van der Waals surface area contributed by atoms with E-state index in [1.165, 1.54) is 0 Å². The molecule has 0 aliphatic carbocycles. The van der Waals surface area contributed by atoms with Gasteiger partial charge in [-0.25, -0.2) is 4.68 Å². The van der Waals surface area contributed by atoms with Crippen LogP contribution in [0.4, 0.5) is 0 Å². The molecule has 4 nitrogen and oxygen atoms in total. The maximum Gasteiger partial charge on any atom is 0.165 e. The van der Waals surface area contributed by atoms with Crippen molar-refractivity contribution in [2.45, 2.75) is 20.3 Å². The Balaban J connectivity index is 2.15.